The molecule has 3 nitrogen and oxygen atoms in total. The lowest BCUT2D eigenvalue weighted by Gasteiger charge is -1.92. The molecule has 0 heterocycles. The van der Waals surface area contributed by atoms with E-state index in [1.165, 1.54) is 14.0 Å². The minimum atomic E-state index is -0.396. The predicted molar refractivity (Wildman–Crippen MR) is 32.2 cm³/mol. The van der Waals surface area contributed by atoms with Gasteiger partial charge in [-0.2, -0.15) is 0 Å². The third-order valence-electron chi connectivity index (χ3n) is 0.926. The first-order chi connectivity index (χ1) is 4.18. The molecule has 0 rings (SSSR count). The summed E-state index contributed by atoms with van der Waals surface area (Å²) in [5.74, 6) is -0.760. The summed E-state index contributed by atoms with van der Waals surface area (Å²) in [6.07, 6.45) is 0.200. The highest BCUT2D eigenvalue weighted by Crippen LogP contribution is 1.84. The van der Waals surface area contributed by atoms with Gasteiger partial charge >= 0.3 is 0 Å². The Morgan fingerprint density at radius 3 is 2.33 bits per heavy atom. The highest BCUT2D eigenvalue weighted by Gasteiger charge is 2.05. The highest BCUT2D eigenvalue weighted by molar-refractivity contribution is 6.36. The van der Waals surface area contributed by atoms with Gasteiger partial charge in [-0.25, -0.2) is 0 Å². The minimum Gasteiger partial charge on any atom is -0.384 e. The number of ether oxygens (including phenoxy) is 1. The Kier molecular flexibility index (Phi) is 3.88. The first-order valence-electron chi connectivity index (χ1n) is 2.71. The molecule has 3 heteroatoms. The van der Waals surface area contributed by atoms with Crippen LogP contribution >= 0.6 is 0 Å². The van der Waals surface area contributed by atoms with E-state index in [1.807, 2.05) is 0 Å². The number of hydrogen-bond acceptors (Lipinski definition) is 3. The normalized spacial score (nSPS) is 9.11. The number of carbonyl (C=O) groups excluding carboxylic acids is 2. The van der Waals surface area contributed by atoms with Gasteiger partial charge in [0.15, 0.2) is 11.6 Å². The second kappa shape index (κ2) is 4.21. The molecule has 0 amide bonds. The Labute approximate surface area is 54.0 Å². The molecule has 0 fully saturated rings. The molecule has 0 saturated heterocycles. The van der Waals surface area contributed by atoms with E-state index in [1.54, 1.807) is 0 Å². The van der Waals surface area contributed by atoms with Crippen molar-refractivity contribution in [2.45, 2.75) is 13.3 Å². The van der Waals surface area contributed by atoms with Crippen LogP contribution in [0.2, 0.25) is 0 Å². The van der Waals surface area contributed by atoms with Gasteiger partial charge in [-0.05, 0) is 0 Å². The summed E-state index contributed by atoms with van der Waals surface area (Å²) in [6.45, 7) is 1.59. The summed E-state index contributed by atoms with van der Waals surface area (Å²) >= 11 is 0. The van der Waals surface area contributed by atoms with Gasteiger partial charge in [0.25, 0.3) is 0 Å². The Balaban J connectivity index is 3.39. The van der Waals surface area contributed by atoms with Gasteiger partial charge in [0.2, 0.25) is 0 Å². The van der Waals surface area contributed by atoms with Crippen LogP contribution in [0.4, 0.5) is 0 Å². The summed E-state index contributed by atoms with van der Waals surface area (Å²) in [4.78, 5) is 20.7. The third-order valence-corrected chi connectivity index (χ3v) is 0.926. The second-order valence-corrected chi connectivity index (χ2v) is 1.72. The fourth-order valence-corrected chi connectivity index (χ4v) is 0.371. The van der Waals surface area contributed by atoms with E-state index in [0.717, 1.165) is 0 Å². The van der Waals surface area contributed by atoms with Crippen LogP contribution < -0.4 is 0 Å². The van der Waals surface area contributed by atoms with E-state index in [9.17, 15) is 9.59 Å². The van der Waals surface area contributed by atoms with Crippen LogP contribution in [-0.4, -0.2) is 25.3 Å². The maximum absolute atomic E-state index is 10.5. The second-order valence-electron chi connectivity index (χ2n) is 1.72. The Hall–Kier alpha value is -0.700. The molecule has 0 aliphatic rings. The monoisotopic (exact) mass is 130 g/mol. The molecule has 0 N–H and O–H groups in total. The first kappa shape index (κ1) is 8.30. The fraction of sp³-hybridized carbons (Fsp3) is 0.667. The van der Waals surface area contributed by atoms with Crippen molar-refractivity contribution in [3.8, 4) is 0 Å². The van der Waals surface area contributed by atoms with E-state index >= 15 is 0 Å². The quantitative estimate of drug-likeness (QED) is 0.510. The Morgan fingerprint density at radius 2 is 2.00 bits per heavy atom. The van der Waals surface area contributed by atoms with E-state index in [2.05, 4.69) is 4.74 Å². The topological polar surface area (TPSA) is 43.4 Å². The van der Waals surface area contributed by atoms with Gasteiger partial charge in [0, 0.05) is 20.5 Å². The summed E-state index contributed by atoms with van der Waals surface area (Å²) in [6, 6.07) is 0. The number of rotatable bonds is 4. The molecule has 0 radical (unpaired) electrons. The predicted octanol–water partition coefficient (Wildman–Crippen LogP) is 0.181. The number of methoxy groups -OCH3 is 1. The van der Waals surface area contributed by atoms with E-state index in [4.69, 9.17) is 0 Å². The number of carbonyl (C=O) groups is 2. The van der Waals surface area contributed by atoms with Crippen LogP contribution in [0.3, 0.4) is 0 Å². The van der Waals surface area contributed by atoms with Gasteiger partial charge in [-0.1, -0.05) is 0 Å². The average molecular weight is 130 g/mol. The van der Waals surface area contributed by atoms with Crippen molar-refractivity contribution in [1.29, 1.82) is 0 Å². The molecule has 0 aromatic rings. The number of Topliss-reactive ketones (excluding diaryl/α,β-unsaturated/α-hetero) is 2. The molecule has 0 aliphatic carbocycles. The molecule has 9 heavy (non-hydrogen) atoms. The zero-order valence-electron chi connectivity index (χ0n) is 5.64. The number of ketones is 2. The first-order valence-corrected chi connectivity index (χ1v) is 2.71. The standard InChI is InChI=1S/C6H10O3/c1-5(7)6(8)3-4-9-2/h3-4H2,1-2H3. The van der Waals surface area contributed by atoms with Crippen LogP contribution in [0.25, 0.3) is 0 Å². The highest BCUT2D eigenvalue weighted by atomic mass is 16.5. The van der Waals surface area contributed by atoms with E-state index < -0.39 is 5.78 Å². The summed E-state index contributed by atoms with van der Waals surface area (Å²) < 4.78 is 4.59. The van der Waals surface area contributed by atoms with Crippen molar-refractivity contribution in [1.82, 2.24) is 0 Å². The Bertz CT molecular complexity index is 117. The largest absolute Gasteiger partial charge is 0.384 e. The zero-order chi connectivity index (χ0) is 7.28. The zero-order valence-corrected chi connectivity index (χ0v) is 5.64. The molecule has 0 bridgehead atoms. The average Bonchev–Trinajstić information content (AvgIpc) is 1.82. The molecule has 0 saturated carbocycles. The summed E-state index contributed by atoms with van der Waals surface area (Å²) in [5, 5.41) is 0. The lowest BCUT2D eigenvalue weighted by molar-refractivity contribution is -0.135. The molecule has 52 valence electrons. The van der Waals surface area contributed by atoms with Crippen LogP contribution in [0.1, 0.15) is 13.3 Å². The van der Waals surface area contributed by atoms with Gasteiger partial charge in [0.1, 0.15) is 0 Å². The van der Waals surface area contributed by atoms with Crippen LogP contribution in [0.5, 0.6) is 0 Å². The van der Waals surface area contributed by atoms with Crippen molar-refractivity contribution in [3.05, 3.63) is 0 Å². The molecule has 0 aliphatic heterocycles. The lowest BCUT2D eigenvalue weighted by atomic mass is 10.2. The fourth-order valence-electron chi connectivity index (χ4n) is 0.371. The molecule has 0 aromatic heterocycles. The van der Waals surface area contributed by atoms with Crippen LogP contribution in [-0.2, 0) is 14.3 Å². The summed E-state index contributed by atoms with van der Waals surface area (Å²) in [5.41, 5.74) is 0. The SMILES string of the molecule is COCCC(=O)C(C)=O. The smallest absolute Gasteiger partial charge is 0.200 e. The van der Waals surface area contributed by atoms with E-state index in [0.29, 0.717) is 6.61 Å². The van der Waals surface area contributed by atoms with Crippen LogP contribution in [0.15, 0.2) is 0 Å². The van der Waals surface area contributed by atoms with Crippen molar-refractivity contribution in [2.75, 3.05) is 13.7 Å². The molecular weight excluding hydrogens is 120 g/mol. The van der Waals surface area contributed by atoms with Gasteiger partial charge < -0.3 is 4.74 Å². The van der Waals surface area contributed by atoms with Crippen molar-refractivity contribution in [2.24, 2.45) is 0 Å². The molecule has 0 aromatic carbocycles. The molecule has 0 spiro atoms. The molecule has 0 unspecified atom stereocenters. The maximum atomic E-state index is 10.5. The van der Waals surface area contributed by atoms with Crippen molar-refractivity contribution < 1.29 is 14.3 Å². The van der Waals surface area contributed by atoms with Gasteiger partial charge in [0.05, 0.1) is 6.61 Å². The summed E-state index contributed by atoms with van der Waals surface area (Å²) in [7, 11) is 1.49. The van der Waals surface area contributed by atoms with Crippen molar-refractivity contribution >= 4 is 11.6 Å². The third kappa shape index (κ3) is 3.85. The van der Waals surface area contributed by atoms with Gasteiger partial charge in [-0.15, -0.1) is 0 Å². The van der Waals surface area contributed by atoms with E-state index in [-0.39, 0.29) is 12.2 Å². The molecular formula is C6H10O3. The maximum Gasteiger partial charge on any atom is 0.200 e. The van der Waals surface area contributed by atoms with Crippen molar-refractivity contribution in [3.63, 3.8) is 0 Å². The minimum absolute atomic E-state index is 0.200. The lowest BCUT2D eigenvalue weighted by Crippen LogP contribution is -2.11. The number of hydrogen-bond donors (Lipinski definition) is 0. The van der Waals surface area contributed by atoms with Gasteiger partial charge in [-0.3, -0.25) is 9.59 Å². The van der Waals surface area contributed by atoms with Crippen LogP contribution in [0, 0.1) is 0 Å². The molecule has 0 atom stereocenters. The Morgan fingerprint density at radius 1 is 1.44 bits per heavy atom.